The third-order valence-corrected chi connectivity index (χ3v) is 7.16. The molecule has 0 atom stereocenters. The zero-order valence-electron chi connectivity index (χ0n) is 20.9. The van der Waals surface area contributed by atoms with E-state index in [2.05, 4.69) is 71.6 Å². The molecule has 176 valence electrons. The number of rotatable bonds is 6. The molecule has 0 N–H and O–H groups in total. The van der Waals surface area contributed by atoms with Gasteiger partial charge in [0.15, 0.2) is 0 Å². The second-order valence-electron chi connectivity index (χ2n) is 9.93. The van der Waals surface area contributed by atoms with Gasteiger partial charge < -0.3 is 4.57 Å². The number of hydrogen-bond donors (Lipinski definition) is 0. The van der Waals surface area contributed by atoms with Crippen LogP contribution in [-0.2, 0) is 5.41 Å². The number of fused-ring (bicyclic) bond motifs is 3. The Hall–Kier alpha value is -4.41. The zero-order valence-corrected chi connectivity index (χ0v) is 20.9. The van der Waals surface area contributed by atoms with E-state index in [0.29, 0.717) is 16.9 Å². The Kier molecular flexibility index (Phi) is 6.05. The van der Waals surface area contributed by atoms with Crippen molar-refractivity contribution in [3.05, 3.63) is 102 Å². The summed E-state index contributed by atoms with van der Waals surface area (Å²) in [7, 11) is 0. The number of pyridine rings is 1. The summed E-state index contributed by atoms with van der Waals surface area (Å²) in [5.41, 5.74) is 6.73. The van der Waals surface area contributed by atoms with Crippen LogP contribution in [0.4, 0.5) is 5.69 Å². The van der Waals surface area contributed by atoms with Gasteiger partial charge in [0.05, 0.1) is 34.9 Å². The standard InChI is InChI=1S/C32H28N4/c1-5-6-15-32(2,3)25-17-24(20-33)31(28(19-25)34-4)36-29-13-12-23(22-10-8-7-9-11-22)18-26(29)27-21-35-16-14-30(27)36/h7-14,16-19,21H,5-6,15H2,1-3H3. The lowest BCUT2D eigenvalue weighted by molar-refractivity contribution is 0.458. The lowest BCUT2D eigenvalue weighted by Crippen LogP contribution is -2.17. The zero-order chi connectivity index (χ0) is 25.3. The first-order valence-corrected chi connectivity index (χ1v) is 12.4. The molecule has 0 fully saturated rings. The molecule has 0 saturated carbocycles. The average Bonchev–Trinajstić information content (AvgIpc) is 3.25. The molecular weight excluding hydrogens is 440 g/mol. The summed E-state index contributed by atoms with van der Waals surface area (Å²) in [4.78, 5) is 8.32. The number of nitriles is 1. The van der Waals surface area contributed by atoms with Gasteiger partial charge in [-0.25, -0.2) is 4.85 Å². The van der Waals surface area contributed by atoms with Crippen LogP contribution in [0.5, 0.6) is 0 Å². The van der Waals surface area contributed by atoms with E-state index in [9.17, 15) is 5.26 Å². The maximum absolute atomic E-state index is 10.3. The number of unbranched alkanes of at least 4 members (excludes halogenated alkanes) is 1. The fraction of sp³-hybridized carbons (Fsp3) is 0.219. The van der Waals surface area contributed by atoms with Crippen LogP contribution in [0.3, 0.4) is 0 Å². The average molecular weight is 469 g/mol. The smallest absolute Gasteiger partial charge is 0.212 e. The highest BCUT2D eigenvalue weighted by atomic mass is 15.0. The maximum Gasteiger partial charge on any atom is 0.212 e. The third kappa shape index (κ3) is 3.92. The van der Waals surface area contributed by atoms with Gasteiger partial charge in [-0.1, -0.05) is 81.6 Å². The molecule has 4 heteroatoms. The molecule has 5 aromatic rings. The third-order valence-electron chi connectivity index (χ3n) is 7.16. The van der Waals surface area contributed by atoms with Gasteiger partial charge in [-0.15, -0.1) is 0 Å². The Morgan fingerprint density at radius 2 is 1.75 bits per heavy atom. The fourth-order valence-corrected chi connectivity index (χ4v) is 5.10. The first kappa shape index (κ1) is 23.3. The second kappa shape index (κ2) is 9.33. The summed E-state index contributed by atoms with van der Waals surface area (Å²) >= 11 is 0. The quantitative estimate of drug-likeness (QED) is 0.234. The van der Waals surface area contributed by atoms with Crippen LogP contribution in [0.1, 0.15) is 51.2 Å². The number of benzene rings is 3. The highest BCUT2D eigenvalue weighted by Crippen LogP contribution is 2.41. The number of aromatic nitrogens is 2. The minimum atomic E-state index is -0.116. The van der Waals surface area contributed by atoms with E-state index < -0.39 is 0 Å². The Balaban J connectivity index is 1.80. The predicted molar refractivity (Wildman–Crippen MR) is 148 cm³/mol. The summed E-state index contributed by atoms with van der Waals surface area (Å²) in [5, 5.41) is 12.3. The molecule has 0 aliphatic rings. The summed E-state index contributed by atoms with van der Waals surface area (Å²) in [6, 6.07) is 25.0. The van der Waals surface area contributed by atoms with Gasteiger partial charge in [0, 0.05) is 23.2 Å². The molecule has 4 nitrogen and oxygen atoms in total. The summed E-state index contributed by atoms with van der Waals surface area (Å²) in [6.07, 6.45) is 6.86. The van der Waals surface area contributed by atoms with Crippen LogP contribution in [-0.4, -0.2) is 9.55 Å². The van der Waals surface area contributed by atoms with Crippen molar-refractivity contribution in [2.45, 2.75) is 45.4 Å². The first-order valence-electron chi connectivity index (χ1n) is 12.4. The molecular formula is C32H28N4. The summed E-state index contributed by atoms with van der Waals surface area (Å²) in [5.74, 6) is 0. The highest BCUT2D eigenvalue weighted by molar-refractivity contribution is 6.10. The molecule has 0 amide bonds. The maximum atomic E-state index is 10.3. The van der Waals surface area contributed by atoms with Crippen LogP contribution in [0, 0.1) is 17.9 Å². The van der Waals surface area contributed by atoms with Gasteiger partial charge in [0.1, 0.15) is 0 Å². The predicted octanol–water partition coefficient (Wildman–Crippen LogP) is 8.74. The monoisotopic (exact) mass is 468 g/mol. The van der Waals surface area contributed by atoms with Crippen molar-refractivity contribution in [2.75, 3.05) is 0 Å². The fourth-order valence-electron chi connectivity index (χ4n) is 5.10. The van der Waals surface area contributed by atoms with Crippen LogP contribution < -0.4 is 0 Å². The van der Waals surface area contributed by atoms with Gasteiger partial charge in [0.2, 0.25) is 5.69 Å². The molecule has 0 spiro atoms. The highest BCUT2D eigenvalue weighted by Gasteiger charge is 2.25. The largest absolute Gasteiger partial charge is 0.318 e. The Morgan fingerprint density at radius 1 is 0.972 bits per heavy atom. The van der Waals surface area contributed by atoms with Gasteiger partial charge in [-0.3, -0.25) is 4.98 Å². The Labute approximate surface area is 212 Å². The van der Waals surface area contributed by atoms with E-state index in [1.54, 1.807) is 6.20 Å². The SMILES string of the molecule is [C-]#[N+]c1cc(C(C)(C)CCCC)cc(C#N)c1-n1c2ccncc2c2cc(-c3ccccc3)ccc21. The van der Waals surface area contributed by atoms with Crippen LogP contribution >= 0.6 is 0 Å². The number of nitrogens with zero attached hydrogens (tertiary/aromatic N) is 4. The molecule has 0 aliphatic heterocycles. The number of hydrogen-bond acceptors (Lipinski definition) is 2. The molecule has 0 aliphatic carbocycles. The molecule has 36 heavy (non-hydrogen) atoms. The minimum absolute atomic E-state index is 0.116. The molecule has 0 bridgehead atoms. The van der Waals surface area contributed by atoms with Crippen molar-refractivity contribution >= 4 is 27.5 Å². The Morgan fingerprint density at radius 3 is 2.47 bits per heavy atom. The lowest BCUT2D eigenvalue weighted by atomic mass is 9.79. The van der Waals surface area contributed by atoms with Crippen LogP contribution in [0.15, 0.2) is 79.1 Å². The van der Waals surface area contributed by atoms with Crippen molar-refractivity contribution in [3.63, 3.8) is 0 Å². The minimum Gasteiger partial charge on any atom is -0.318 e. The van der Waals surface area contributed by atoms with Crippen molar-refractivity contribution < 1.29 is 0 Å². The lowest BCUT2D eigenvalue weighted by Gasteiger charge is -2.27. The topological polar surface area (TPSA) is 46.0 Å². The van der Waals surface area contributed by atoms with E-state index >= 15 is 0 Å². The van der Waals surface area contributed by atoms with Gasteiger partial charge in [0.25, 0.3) is 0 Å². The molecule has 2 heterocycles. The van der Waals surface area contributed by atoms with E-state index in [1.165, 1.54) is 0 Å². The van der Waals surface area contributed by atoms with Crippen molar-refractivity contribution in [3.8, 4) is 22.9 Å². The molecule has 0 saturated heterocycles. The van der Waals surface area contributed by atoms with Crippen molar-refractivity contribution in [1.82, 2.24) is 9.55 Å². The van der Waals surface area contributed by atoms with Crippen molar-refractivity contribution in [2.24, 2.45) is 0 Å². The van der Waals surface area contributed by atoms with Crippen LogP contribution in [0.25, 0.3) is 43.5 Å². The summed E-state index contributed by atoms with van der Waals surface area (Å²) in [6.45, 7) is 14.6. The van der Waals surface area contributed by atoms with E-state index in [-0.39, 0.29) is 5.41 Å². The second-order valence-corrected chi connectivity index (χ2v) is 9.93. The van der Waals surface area contributed by atoms with Gasteiger partial charge in [-0.05, 0) is 47.2 Å². The molecule has 5 rings (SSSR count). The summed E-state index contributed by atoms with van der Waals surface area (Å²) < 4.78 is 2.07. The van der Waals surface area contributed by atoms with E-state index in [1.807, 2.05) is 42.6 Å². The van der Waals surface area contributed by atoms with Gasteiger partial charge in [-0.2, -0.15) is 5.26 Å². The molecule has 0 unspecified atom stereocenters. The Bertz CT molecular complexity index is 1630. The first-order chi connectivity index (χ1) is 17.5. The van der Waals surface area contributed by atoms with Crippen LogP contribution in [0.2, 0.25) is 0 Å². The van der Waals surface area contributed by atoms with E-state index in [0.717, 1.165) is 57.8 Å². The molecule has 3 aromatic carbocycles. The van der Waals surface area contributed by atoms with Gasteiger partial charge >= 0.3 is 0 Å². The normalized spacial score (nSPS) is 11.5. The molecule has 2 aromatic heterocycles. The van der Waals surface area contributed by atoms with E-state index in [4.69, 9.17) is 6.57 Å². The van der Waals surface area contributed by atoms with Crippen molar-refractivity contribution in [1.29, 1.82) is 5.26 Å². The molecule has 0 radical (unpaired) electrons.